The Balaban J connectivity index is 2.75. The number of aromatic nitrogens is 1. The summed E-state index contributed by atoms with van der Waals surface area (Å²) in [6.07, 6.45) is 0.869. The molecule has 78 valence electrons. The molecule has 0 atom stereocenters. The van der Waals surface area contributed by atoms with Crippen LogP contribution in [0.3, 0.4) is 0 Å². The Morgan fingerprint density at radius 1 is 1.60 bits per heavy atom. The highest BCUT2D eigenvalue weighted by Crippen LogP contribution is 2.30. The highest BCUT2D eigenvalue weighted by molar-refractivity contribution is 14.2. The number of thiazole rings is 1. The SMILES string of the molecule is C=IOc1cccc2c1sc(C=O)[n+]2C. The van der Waals surface area contributed by atoms with Crippen LogP contribution in [0.1, 0.15) is 9.80 Å². The van der Waals surface area contributed by atoms with Gasteiger partial charge in [0.1, 0.15) is 32.9 Å². The molecule has 0 unspecified atom stereocenters. The third-order valence-electron chi connectivity index (χ3n) is 2.10. The standard InChI is InChI=1S/C10H9INO2S/c1-11-14-8-5-3-4-7-10(8)15-9(6-13)12(7)2/h3-6H,1H2,2H3/q+1. The van der Waals surface area contributed by atoms with Gasteiger partial charge in [0.05, 0.1) is 0 Å². The van der Waals surface area contributed by atoms with Crippen LogP contribution in [0.25, 0.3) is 10.2 Å². The first-order chi connectivity index (χ1) is 7.27. The third kappa shape index (κ3) is 1.81. The first kappa shape index (κ1) is 10.7. The predicted octanol–water partition coefficient (Wildman–Crippen LogP) is 2.23. The van der Waals surface area contributed by atoms with Gasteiger partial charge in [-0.3, -0.25) is 4.79 Å². The molecule has 1 aromatic carbocycles. The number of rotatable bonds is 3. The lowest BCUT2D eigenvalue weighted by atomic mass is 10.3. The topological polar surface area (TPSA) is 30.2 Å². The van der Waals surface area contributed by atoms with Gasteiger partial charge in [-0.2, -0.15) is 4.57 Å². The Kier molecular flexibility index (Phi) is 3.11. The van der Waals surface area contributed by atoms with Crippen LogP contribution >= 0.6 is 32.5 Å². The van der Waals surface area contributed by atoms with E-state index in [-0.39, 0.29) is 0 Å². The van der Waals surface area contributed by atoms with Crippen molar-refractivity contribution in [2.24, 2.45) is 7.05 Å². The second-order valence-electron chi connectivity index (χ2n) is 2.91. The summed E-state index contributed by atoms with van der Waals surface area (Å²) in [5, 5.41) is 0.698. The van der Waals surface area contributed by atoms with Crippen molar-refractivity contribution in [3.05, 3.63) is 23.2 Å². The molecule has 0 saturated carbocycles. The van der Waals surface area contributed by atoms with Crippen molar-refractivity contribution in [3.63, 3.8) is 0 Å². The van der Waals surface area contributed by atoms with Crippen molar-refractivity contribution >= 4 is 53.5 Å². The Labute approximate surface area is 102 Å². The summed E-state index contributed by atoms with van der Waals surface area (Å²) in [4.78, 5) is 10.8. The van der Waals surface area contributed by atoms with E-state index in [9.17, 15) is 4.79 Å². The van der Waals surface area contributed by atoms with Crippen LogP contribution in [0, 0.1) is 0 Å². The number of nitrogens with zero attached hydrogens (tertiary/aromatic N) is 1. The van der Waals surface area contributed by atoms with E-state index in [0.717, 1.165) is 22.3 Å². The molecule has 0 saturated heterocycles. The van der Waals surface area contributed by atoms with Gasteiger partial charge in [-0.1, -0.05) is 17.4 Å². The van der Waals surface area contributed by atoms with E-state index in [1.807, 2.05) is 29.8 Å². The van der Waals surface area contributed by atoms with Gasteiger partial charge in [0.15, 0.2) is 5.75 Å². The maximum absolute atomic E-state index is 10.8. The fraction of sp³-hybridized carbons (Fsp3) is 0.100. The molecule has 1 aromatic heterocycles. The lowest BCUT2D eigenvalue weighted by Crippen LogP contribution is -2.30. The molecule has 0 radical (unpaired) electrons. The van der Waals surface area contributed by atoms with E-state index in [1.165, 1.54) is 11.3 Å². The van der Waals surface area contributed by atoms with E-state index < -0.39 is 21.1 Å². The Morgan fingerprint density at radius 2 is 2.40 bits per heavy atom. The van der Waals surface area contributed by atoms with E-state index in [0.29, 0.717) is 5.01 Å². The number of carbonyl (C=O) groups excluding carboxylic acids is 1. The van der Waals surface area contributed by atoms with Gasteiger partial charge >= 0.3 is 5.01 Å². The van der Waals surface area contributed by atoms with Crippen LogP contribution in [0.15, 0.2) is 18.2 Å². The third-order valence-corrected chi connectivity index (χ3v) is 4.07. The summed E-state index contributed by atoms with van der Waals surface area (Å²) in [6, 6.07) is 5.82. The average molecular weight is 334 g/mol. The van der Waals surface area contributed by atoms with Crippen molar-refractivity contribution < 1.29 is 12.4 Å². The maximum atomic E-state index is 10.8. The van der Waals surface area contributed by atoms with Crippen LogP contribution in [-0.4, -0.2) is 10.8 Å². The molecule has 15 heavy (non-hydrogen) atoms. The quantitative estimate of drug-likeness (QED) is 0.490. The lowest BCUT2D eigenvalue weighted by molar-refractivity contribution is -0.641. The highest BCUT2D eigenvalue weighted by Gasteiger charge is 2.18. The van der Waals surface area contributed by atoms with Gasteiger partial charge in [-0.05, 0) is 10.6 Å². The Morgan fingerprint density at radius 3 is 3.07 bits per heavy atom. The number of hydrogen-bond donors (Lipinski definition) is 0. The summed E-state index contributed by atoms with van der Waals surface area (Å²) in [6.45, 7) is 0. The van der Waals surface area contributed by atoms with Crippen LogP contribution in [0.5, 0.6) is 5.75 Å². The Hall–Kier alpha value is -0.820. The molecule has 1 heterocycles. The van der Waals surface area contributed by atoms with Crippen LogP contribution in [-0.2, 0) is 7.05 Å². The van der Waals surface area contributed by atoms with E-state index in [1.54, 1.807) is 0 Å². The molecule has 2 aromatic rings. The average Bonchev–Trinajstić information content (AvgIpc) is 2.58. The number of benzene rings is 1. The van der Waals surface area contributed by atoms with Crippen LogP contribution < -0.4 is 7.63 Å². The molecular weight excluding hydrogens is 325 g/mol. The zero-order chi connectivity index (χ0) is 10.8. The largest absolute Gasteiger partial charge is 0.435 e. The second kappa shape index (κ2) is 4.36. The van der Waals surface area contributed by atoms with Crippen molar-refractivity contribution in [2.45, 2.75) is 0 Å². The normalized spacial score (nSPS) is 10.5. The number of carbonyl (C=O) groups is 1. The zero-order valence-corrected chi connectivity index (χ0v) is 11.0. The molecule has 5 heteroatoms. The molecule has 0 aliphatic rings. The molecule has 0 bridgehead atoms. The van der Waals surface area contributed by atoms with Crippen molar-refractivity contribution in [2.75, 3.05) is 0 Å². The van der Waals surface area contributed by atoms with Crippen molar-refractivity contribution in [1.82, 2.24) is 0 Å². The van der Waals surface area contributed by atoms with E-state index in [4.69, 9.17) is 3.07 Å². The first-order valence-corrected chi connectivity index (χ1v) is 7.42. The minimum Gasteiger partial charge on any atom is -0.435 e. The summed E-state index contributed by atoms with van der Waals surface area (Å²) in [5.74, 6) is 0.837. The van der Waals surface area contributed by atoms with Gasteiger partial charge in [-0.15, -0.1) is 0 Å². The lowest BCUT2D eigenvalue weighted by Gasteiger charge is -1.96. The number of hydrogen-bond acceptors (Lipinski definition) is 3. The molecule has 0 aliphatic heterocycles. The number of halogens is 1. The molecule has 0 aliphatic carbocycles. The fourth-order valence-electron chi connectivity index (χ4n) is 1.39. The summed E-state index contributed by atoms with van der Waals surface area (Å²) >= 11 is 0.958. The summed E-state index contributed by atoms with van der Waals surface area (Å²) in [7, 11) is 1.88. The van der Waals surface area contributed by atoms with Crippen molar-refractivity contribution in [3.8, 4) is 5.75 Å². The predicted molar refractivity (Wildman–Crippen MR) is 70.2 cm³/mol. The van der Waals surface area contributed by atoms with Gasteiger partial charge in [0, 0.05) is 6.07 Å². The van der Waals surface area contributed by atoms with Gasteiger partial charge < -0.3 is 3.07 Å². The number of fused-ring (bicyclic) bond motifs is 1. The zero-order valence-electron chi connectivity index (χ0n) is 8.07. The van der Waals surface area contributed by atoms with Gasteiger partial charge in [0.2, 0.25) is 11.8 Å². The molecule has 0 N–H and O–H groups in total. The molecule has 3 nitrogen and oxygen atoms in total. The molecular formula is C10H9INO2S+. The molecule has 2 rings (SSSR count). The van der Waals surface area contributed by atoms with E-state index in [2.05, 4.69) is 4.51 Å². The second-order valence-corrected chi connectivity index (χ2v) is 5.00. The first-order valence-electron chi connectivity index (χ1n) is 4.20. The maximum Gasteiger partial charge on any atom is 0.303 e. The Bertz CT molecular complexity index is 535. The fourth-order valence-corrected chi connectivity index (χ4v) is 3.25. The van der Waals surface area contributed by atoms with Gasteiger partial charge in [0.25, 0.3) is 0 Å². The monoisotopic (exact) mass is 334 g/mol. The molecule has 0 spiro atoms. The van der Waals surface area contributed by atoms with Crippen LogP contribution in [0.2, 0.25) is 0 Å². The smallest absolute Gasteiger partial charge is 0.303 e. The molecule has 0 fully saturated rings. The van der Waals surface area contributed by atoms with Crippen LogP contribution in [0.4, 0.5) is 0 Å². The summed E-state index contributed by atoms with van der Waals surface area (Å²) < 4.78 is 12.2. The number of aldehydes is 1. The minimum absolute atomic E-state index is 0.492. The minimum atomic E-state index is -0.492. The number of aryl methyl sites for hydroxylation is 1. The summed E-state index contributed by atoms with van der Waals surface area (Å²) in [5.41, 5.74) is 1.03. The molecule has 0 amide bonds. The highest BCUT2D eigenvalue weighted by atomic mass is 127. The van der Waals surface area contributed by atoms with E-state index >= 15 is 0 Å². The van der Waals surface area contributed by atoms with Crippen molar-refractivity contribution in [1.29, 1.82) is 0 Å². The van der Waals surface area contributed by atoms with Gasteiger partial charge in [-0.25, -0.2) is 0 Å².